The molecule has 2 aromatic carbocycles. The number of anilines is 6. The Kier molecular flexibility index (Phi) is 13.4. The third kappa shape index (κ3) is 11.6. The Balaban J connectivity index is 1.28. The van der Waals surface area contributed by atoms with Gasteiger partial charge in [-0.1, -0.05) is 23.7 Å². The molecule has 0 atom stereocenters. The summed E-state index contributed by atoms with van der Waals surface area (Å²) in [4.78, 5) is 28.0. The predicted molar refractivity (Wildman–Crippen MR) is 217 cm³/mol. The molecule has 0 bridgehead atoms. The van der Waals surface area contributed by atoms with Crippen LogP contribution in [0.15, 0.2) is 47.5 Å². The van der Waals surface area contributed by atoms with Gasteiger partial charge in [0, 0.05) is 51.9 Å². The molecule has 5 rings (SSSR count). The molecule has 2 aliphatic heterocycles. The Morgan fingerprint density at radius 1 is 0.945 bits per heavy atom. The van der Waals surface area contributed by atoms with Gasteiger partial charge in [0.25, 0.3) is 0 Å². The van der Waals surface area contributed by atoms with E-state index < -0.39 is 30.7 Å². The average molecular weight is 821 g/mol. The Hall–Kier alpha value is -3.90. The number of para-hydroxylation sites is 1. The standard InChI is InChI=1S/C37H53ClN8O7S2/c1-25(2)55(50,51)33-11-9-8-10-28(33)40-35-27(38)22-39-36(42-35)41-30-20-29(43-54(7,48)49)31(21-32(30)52-6)46-14-12-26(13-15-46)23-44-16-18-45(19-17-44)24-34(47)53-37(3,4)5/h8-11,20-22,25-26,43H,12-19,23-24H2,1-7H3,(H2,39,40,41,42). The number of halogens is 1. The number of piperazine rings is 1. The van der Waals surface area contributed by atoms with Gasteiger partial charge in [-0.05, 0) is 71.6 Å². The average Bonchev–Trinajstić information content (AvgIpc) is 3.10. The van der Waals surface area contributed by atoms with E-state index in [9.17, 15) is 21.6 Å². The second-order valence-corrected chi connectivity index (χ2v) is 19.9. The van der Waals surface area contributed by atoms with Crippen LogP contribution in [0.1, 0.15) is 47.5 Å². The highest BCUT2D eigenvalue weighted by Gasteiger charge is 2.28. The number of carbonyl (C=O) groups excluding carboxylic acids is 1. The molecule has 0 spiro atoms. The van der Waals surface area contributed by atoms with E-state index in [1.165, 1.54) is 19.4 Å². The van der Waals surface area contributed by atoms with Gasteiger partial charge in [-0.3, -0.25) is 14.4 Å². The topological polar surface area (TPSA) is 175 Å². The number of sulfonamides is 1. The van der Waals surface area contributed by atoms with Crippen molar-refractivity contribution in [1.82, 2.24) is 19.8 Å². The summed E-state index contributed by atoms with van der Waals surface area (Å²) in [5.74, 6) is 0.992. The van der Waals surface area contributed by atoms with Crippen LogP contribution >= 0.6 is 11.6 Å². The van der Waals surface area contributed by atoms with Gasteiger partial charge in [-0.15, -0.1) is 0 Å². The molecule has 3 aromatic rings. The van der Waals surface area contributed by atoms with Crippen molar-refractivity contribution in [2.24, 2.45) is 5.92 Å². The molecular weight excluding hydrogens is 768 g/mol. The zero-order chi connectivity index (χ0) is 40.1. The Morgan fingerprint density at radius 3 is 2.22 bits per heavy atom. The molecule has 55 heavy (non-hydrogen) atoms. The van der Waals surface area contributed by atoms with Crippen LogP contribution in [0.5, 0.6) is 5.75 Å². The number of nitrogens with zero attached hydrogens (tertiary/aromatic N) is 5. The summed E-state index contributed by atoms with van der Waals surface area (Å²) in [5.41, 5.74) is 1.27. The number of benzene rings is 2. The molecule has 0 radical (unpaired) electrons. The number of sulfone groups is 1. The van der Waals surface area contributed by atoms with Gasteiger partial charge in [-0.25, -0.2) is 21.8 Å². The highest BCUT2D eigenvalue weighted by molar-refractivity contribution is 7.92. The molecule has 2 saturated heterocycles. The van der Waals surface area contributed by atoms with E-state index in [1.807, 2.05) is 20.8 Å². The first kappa shape index (κ1) is 42.2. The maximum absolute atomic E-state index is 13.0. The number of hydrogen-bond acceptors (Lipinski definition) is 14. The maximum atomic E-state index is 13.0. The number of esters is 1. The molecule has 0 unspecified atom stereocenters. The smallest absolute Gasteiger partial charge is 0.320 e. The molecule has 3 N–H and O–H groups in total. The van der Waals surface area contributed by atoms with Crippen LogP contribution in [0.3, 0.4) is 0 Å². The fraction of sp³-hybridized carbons (Fsp3) is 0.541. The van der Waals surface area contributed by atoms with Crippen molar-refractivity contribution in [3.8, 4) is 5.75 Å². The highest BCUT2D eigenvalue weighted by atomic mass is 35.5. The lowest BCUT2D eigenvalue weighted by atomic mass is 9.95. The van der Waals surface area contributed by atoms with Crippen LogP contribution < -0.4 is 25.0 Å². The van der Waals surface area contributed by atoms with Gasteiger partial charge in [0.2, 0.25) is 16.0 Å². The van der Waals surface area contributed by atoms with Crippen molar-refractivity contribution >= 4 is 71.9 Å². The van der Waals surface area contributed by atoms with E-state index in [-0.39, 0.29) is 27.7 Å². The van der Waals surface area contributed by atoms with Crippen LogP contribution in [0.25, 0.3) is 0 Å². The minimum absolute atomic E-state index is 0.110. The molecule has 2 aliphatic rings. The number of piperidine rings is 1. The first-order chi connectivity index (χ1) is 25.8. The van der Waals surface area contributed by atoms with Gasteiger partial charge >= 0.3 is 5.97 Å². The SMILES string of the molecule is COc1cc(N2CCC(CN3CCN(CC(=O)OC(C)(C)C)CC3)CC2)c(NS(C)(=O)=O)cc1Nc1ncc(Cl)c(Nc2ccccc2S(=O)(=O)C(C)C)n1. The number of aromatic nitrogens is 2. The van der Waals surface area contributed by atoms with Crippen LogP contribution in [-0.4, -0.2) is 119 Å². The van der Waals surface area contributed by atoms with Gasteiger partial charge in [0.15, 0.2) is 15.7 Å². The lowest BCUT2D eigenvalue weighted by molar-refractivity contribution is -0.156. The number of methoxy groups -OCH3 is 1. The minimum atomic E-state index is -3.66. The van der Waals surface area contributed by atoms with Gasteiger partial charge in [-0.2, -0.15) is 4.98 Å². The molecule has 15 nitrogen and oxygen atoms in total. The van der Waals surface area contributed by atoms with Crippen molar-refractivity contribution in [3.05, 3.63) is 47.6 Å². The van der Waals surface area contributed by atoms with E-state index >= 15 is 0 Å². The number of nitrogens with one attached hydrogen (secondary N) is 3. The number of ether oxygens (including phenoxy) is 2. The quantitative estimate of drug-likeness (QED) is 0.177. The van der Waals surface area contributed by atoms with Crippen molar-refractivity contribution in [2.45, 2.75) is 63.2 Å². The predicted octanol–water partition coefficient (Wildman–Crippen LogP) is 5.36. The third-order valence-electron chi connectivity index (χ3n) is 9.38. The lowest BCUT2D eigenvalue weighted by Crippen LogP contribution is -2.50. The molecule has 3 heterocycles. The maximum Gasteiger partial charge on any atom is 0.320 e. The molecule has 1 aromatic heterocycles. The van der Waals surface area contributed by atoms with Crippen LogP contribution in [0.4, 0.5) is 34.5 Å². The fourth-order valence-electron chi connectivity index (χ4n) is 6.62. The van der Waals surface area contributed by atoms with Crippen molar-refractivity contribution in [1.29, 1.82) is 0 Å². The highest BCUT2D eigenvalue weighted by Crippen LogP contribution is 2.40. The van der Waals surface area contributed by atoms with E-state index in [1.54, 1.807) is 44.2 Å². The Morgan fingerprint density at radius 2 is 1.60 bits per heavy atom. The molecule has 0 amide bonds. The van der Waals surface area contributed by atoms with Gasteiger partial charge in [0.05, 0.1) is 59.0 Å². The van der Waals surface area contributed by atoms with E-state index in [2.05, 4.69) is 40.0 Å². The van der Waals surface area contributed by atoms with Crippen molar-refractivity contribution in [2.75, 3.05) is 86.0 Å². The minimum Gasteiger partial charge on any atom is -0.494 e. The zero-order valence-electron chi connectivity index (χ0n) is 32.6. The molecule has 0 saturated carbocycles. The molecule has 302 valence electrons. The monoisotopic (exact) mass is 820 g/mol. The fourth-order valence-corrected chi connectivity index (χ4v) is 8.52. The summed E-state index contributed by atoms with van der Waals surface area (Å²) in [7, 11) is -5.76. The largest absolute Gasteiger partial charge is 0.494 e. The van der Waals surface area contributed by atoms with Gasteiger partial charge < -0.3 is 29.9 Å². The summed E-state index contributed by atoms with van der Waals surface area (Å²) in [5, 5.41) is 5.68. The van der Waals surface area contributed by atoms with Crippen LogP contribution in [0.2, 0.25) is 5.02 Å². The summed E-state index contributed by atoms with van der Waals surface area (Å²) < 4.78 is 65.1. The second-order valence-electron chi connectivity index (χ2n) is 15.3. The molecule has 2 fully saturated rings. The normalized spacial score (nSPS) is 16.6. The number of rotatable bonds is 14. The Labute approximate surface area is 330 Å². The van der Waals surface area contributed by atoms with Crippen LogP contribution in [-0.2, 0) is 29.4 Å². The lowest BCUT2D eigenvalue weighted by Gasteiger charge is -2.39. The number of hydrogen-bond donors (Lipinski definition) is 3. The first-order valence-corrected chi connectivity index (χ1v) is 22.1. The third-order valence-corrected chi connectivity index (χ3v) is 12.5. The summed E-state index contributed by atoms with van der Waals surface area (Å²) in [6.07, 6.45) is 4.33. The van der Waals surface area contributed by atoms with Gasteiger partial charge in [0.1, 0.15) is 16.4 Å². The van der Waals surface area contributed by atoms with Crippen molar-refractivity contribution in [3.63, 3.8) is 0 Å². The van der Waals surface area contributed by atoms with E-state index in [4.69, 9.17) is 21.1 Å². The summed E-state index contributed by atoms with van der Waals surface area (Å²) in [6, 6.07) is 9.95. The van der Waals surface area contributed by atoms with E-state index in [0.717, 1.165) is 64.9 Å². The second kappa shape index (κ2) is 17.5. The first-order valence-electron chi connectivity index (χ1n) is 18.3. The molecule has 0 aliphatic carbocycles. The summed E-state index contributed by atoms with van der Waals surface area (Å²) in [6.45, 7) is 15.0. The van der Waals surface area contributed by atoms with Crippen molar-refractivity contribution < 1.29 is 31.1 Å². The van der Waals surface area contributed by atoms with E-state index in [0.29, 0.717) is 41.0 Å². The van der Waals surface area contributed by atoms with Crippen LogP contribution in [0, 0.1) is 5.92 Å². The summed E-state index contributed by atoms with van der Waals surface area (Å²) >= 11 is 6.45. The molecule has 18 heteroatoms. The Bertz CT molecular complexity index is 2050. The zero-order valence-corrected chi connectivity index (χ0v) is 34.9. The number of carbonyl (C=O) groups is 1. The molecular formula is C37H53ClN8O7S2.